The fraction of sp³-hybridized carbons (Fsp3) is 0.714. The van der Waals surface area contributed by atoms with Gasteiger partial charge in [0.05, 0.1) is 0 Å². The summed E-state index contributed by atoms with van der Waals surface area (Å²) < 4.78 is 9.08. The van der Waals surface area contributed by atoms with Crippen LogP contribution in [0.15, 0.2) is 0 Å². The minimum Gasteiger partial charge on any atom is -0.391 e. The van der Waals surface area contributed by atoms with Crippen molar-refractivity contribution in [3.63, 3.8) is 0 Å². The monoisotopic (exact) mass is 192 g/mol. The van der Waals surface area contributed by atoms with Crippen molar-refractivity contribution in [1.82, 2.24) is 0 Å². The van der Waals surface area contributed by atoms with Gasteiger partial charge in [0.15, 0.2) is 6.10 Å². The predicted molar refractivity (Wildman–Crippen MR) is 46.0 cm³/mol. The van der Waals surface area contributed by atoms with Gasteiger partial charge in [0.2, 0.25) is 0 Å². The second-order valence-corrected chi connectivity index (χ2v) is 3.12. The van der Waals surface area contributed by atoms with E-state index in [1.54, 1.807) is 6.92 Å². The van der Waals surface area contributed by atoms with E-state index in [0.717, 1.165) is 6.92 Å². The number of thiol groups is 1. The first kappa shape index (κ1) is 11.4. The van der Waals surface area contributed by atoms with E-state index >= 15 is 0 Å². The Hall–Kier alpha value is -0.550. The molecule has 0 bridgehead atoms. The van der Waals surface area contributed by atoms with Gasteiger partial charge in [-0.1, -0.05) is 6.92 Å². The first-order valence-corrected chi connectivity index (χ1v) is 3.93. The molecule has 0 aliphatic heterocycles. The van der Waals surface area contributed by atoms with E-state index in [9.17, 15) is 9.59 Å². The van der Waals surface area contributed by atoms with Gasteiger partial charge in [-0.3, -0.25) is 4.79 Å². The Labute approximate surface area is 76.6 Å². The quantitative estimate of drug-likeness (QED) is 0.400. The van der Waals surface area contributed by atoms with Gasteiger partial charge < -0.3 is 9.47 Å². The fourth-order valence-electron chi connectivity index (χ4n) is 0.690. The highest BCUT2D eigenvalue weighted by molar-refractivity contribution is 7.81. The Bertz CT molecular complexity index is 178. The molecule has 0 aliphatic carbocycles. The summed E-state index contributed by atoms with van der Waals surface area (Å²) in [4.78, 5) is 21.4. The highest BCUT2D eigenvalue weighted by atomic mass is 32.1. The van der Waals surface area contributed by atoms with Crippen LogP contribution in [0.25, 0.3) is 0 Å². The van der Waals surface area contributed by atoms with Crippen LogP contribution < -0.4 is 0 Å². The molecule has 0 heterocycles. The molecule has 0 spiro atoms. The first-order valence-electron chi connectivity index (χ1n) is 3.42. The van der Waals surface area contributed by atoms with Crippen LogP contribution in [0.5, 0.6) is 0 Å². The summed E-state index contributed by atoms with van der Waals surface area (Å²) in [5.41, 5.74) is 0. The van der Waals surface area contributed by atoms with Gasteiger partial charge in [-0.15, -0.1) is 0 Å². The van der Waals surface area contributed by atoms with Crippen LogP contribution in [0.4, 0.5) is 0 Å². The van der Waals surface area contributed by atoms with E-state index in [-0.39, 0.29) is 5.25 Å². The molecule has 0 radical (unpaired) electrons. The van der Waals surface area contributed by atoms with E-state index in [4.69, 9.17) is 4.74 Å². The Morgan fingerprint density at radius 1 is 1.42 bits per heavy atom. The molecule has 0 fully saturated rings. The third-order valence-electron chi connectivity index (χ3n) is 1.17. The lowest BCUT2D eigenvalue weighted by atomic mass is 10.3. The highest BCUT2D eigenvalue weighted by Crippen LogP contribution is 2.06. The molecule has 0 rings (SSSR count). The molecule has 0 saturated heterocycles. The van der Waals surface area contributed by atoms with E-state index < -0.39 is 18.0 Å². The third kappa shape index (κ3) is 3.73. The number of hydrogen-bond donors (Lipinski definition) is 1. The van der Waals surface area contributed by atoms with E-state index in [1.165, 1.54) is 7.11 Å². The average molecular weight is 192 g/mol. The van der Waals surface area contributed by atoms with Crippen LogP contribution in [-0.2, 0) is 19.1 Å². The number of methoxy groups -OCH3 is 1. The van der Waals surface area contributed by atoms with E-state index in [2.05, 4.69) is 17.4 Å². The topological polar surface area (TPSA) is 52.6 Å². The molecular formula is C7H12O4S. The van der Waals surface area contributed by atoms with Crippen LogP contribution in [0.1, 0.15) is 13.8 Å². The highest BCUT2D eigenvalue weighted by Gasteiger charge is 2.24. The van der Waals surface area contributed by atoms with Crippen molar-refractivity contribution in [3.8, 4) is 0 Å². The minimum atomic E-state index is -0.794. The van der Waals surface area contributed by atoms with Crippen LogP contribution in [0.2, 0.25) is 0 Å². The maximum Gasteiger partial charge on any atom is 0.344 e. The van der Waals surface area contributed by atoms with Gasteiger partial charge in [0.25, 0.3) is 0 Å². The number of rotatable bonds is 3. The summed E-state index contributed by atoms with van der Waals surface area (Å²) in [5.74, 6) is -1.34. The molecule has 0 N–H and O–H groups in total. The zero-order chi connectivity index (χ0) is 9.72. The average Bonchev–Trinajstić information content (AvgIpc) is 1.85. The van der Waals surface area contributed by atoms with Crippen molar-refractivity contribution >= 4 is 24.6 Å². The number of hydrogen-bond acceptors (Lipinski definition) is 5. The van der Waals surface area contributed by atoms with Crippen molar-refractivity contribution < 1.29 is 19.1 Å². The summed E-state index contributed by atoms with van der Waals surface area (Å²) in [6.45, 7) is 2.84. The zero-order valence-corrected chi connectivity index (χ0v) is 8.13. The number of ether oxygens (including phenoxy) is 2. The molecule has 2 unspecified atom stereocenters. The van der Waals surface area contributed by atoms with Gasteiger partial charge in [-0.25, -0.2) is 4.79 Å². The Morgan fingerprint density at radius 2 is 1.92 bits per heavy atom. The molecule has 12 heavy (non-hydrogen) atoms. The molecule has 4 nitrogen and oxygen atoms in total. The van der Waals surface area contributed by atoms with E-state index in [0.29, 0.717) is 0 Å². The van der Waals surface area contributed by atoms with E-state index in [1.807, 2.05) is 0 Å². The number of carbonyl (C=O) groups excluding carboxylic acids is 2. The molecule has 70 valence electrons. The van der Waals surface area contributed by atoms with Gasteiger partial charge >= 0.3 is 11.9 Å². The normalized spacial score (nSPS) is 15.0. The van der Waals surface area contributed by atoms with Crippen LogP contribution in [0, 0.1) is 0 Å². The summed E-state index contributed by atoms with van der Waals surface area (Å²) in [7, 11) is 1.36. The Balaban J connectivity index is 4.12. The van der Waals surface area contributed by atoms with Crippen LogP contribution >= 0.6 is 12.6 Å². The number of esters is 2. The maximum atomic E-state index is 11.0. The fourth-order valence-corrected chi connectivity index (χ4v) is 0.933. The SMILES string of the molecule is COC(C(=O)OC(C)=O)C(C)S. The van der Waals surface area contributed by atoms with Gasteiger partial charge in [-0.05, 0) is 0 Å². The largest absolute Gasteiger partial charge is 0.391 e. The minimum absolute atomic E-state index is 0.304. The second kappa shape index (κ2) is 5.16. The Kier molecular flexibility index (Phi) is 4.92. The maximum absolute atomic E-state index is 11.0. The molecule has 0 saturated carbocycles. The lowest BCUT2D eigenvalue weighted by Crippen LogP contribution is -2.33. The van der Waals surface area contributed by atoms with Crippen molar-refractivity contribution in [2.45, 2.75) is 25.2 Å². The van der Waals surface area contributed by atoms with Crippen LogP contribution in [-0.4, -0.2) is 30.4 Å². The molecule has 0 aliphatic rings. The summed E-state index contributed by atoms with van der Waals surface area (Å²) in [6.07, 6.45) is -0.794. The molecule has 5 heteroatoms. The molecule has 0 aromatic heterocycles. The summed E-state index contributed by atoms with van der Waals surface area (Å²) in [6, 6.07) is 0. The lowest BCUT2D eigenvalue weighted by Gasteiger charge is -2.15. The van der Waals surface area contributed by atoms with Crippen molar-refractivity contribution in [1.29, 1.82) is 0 Å². The Morgan fingerprint density at radius 3 is 2.17 bits per heavy atom. The molecular weight excluding hydrogens is 180 g/mol. The van der Waals surface area contributed by atoms with Gasteiger partial charge in [-0.2, -0.15) is 12.6 Å². The molecule has 0 aromatic rings. The molecule has 2 atom stereocenters. The standard InChI is InChI=1S/C7H12O4S/c1-4(12)6(10-3)7(9)11-5(2)8/h4,6,12H,1-3H3. The van der Waals surface area contributed by atoms with Gasteiger partial charge in [0, 0.05) is 19.3 Å². The first-order chi connectivity index (χ1) is 5.49. The lowest BCUT2D eigenvalue weighted by molar-refractivity contribution is -0.165. The summed E-state index contributed by atoms with van der Waals surface area (Å²) >= 11 is 4.00. The van der Waals surface area contributed by atoms with Crippen molar-refractivity contribution in [2.75, 3.05) is 7.11 Å². The third-order valence-corrected chi connectivity index (χ3v) is 1.44. The van der Waals surface area contributed by atoms with Gasteiger partial charge in [0.1, 0.15) is 0 Å². The number of carbonyl (C=O) groups is 2. The molecule has 0 amide bonds. The van der Waals surface area contributed by atoms with Crippen molar-refractivity contribution in [3.05, 3.63) is 0 Å². The smallest absolute Gasteiger partial charge is 0.344 e. The second-order valence-electron chi connectivity index (χ2n) is 2.31. The molecule has 0 aromatic carbocycles. The van der Waals surface area contributed by atoms with Crippen molar-refractivity contribution in [2.24, 2.45) is 0 Å². The zero-order valence-electron chi connectivity index (χ0n) is 7.23. The summed E-state index contributed by atoms with van der Waals surface area (Å²) in [5, 5.41) is -0.304. The van der Waals surface area contributed by atoms with Crippen LogP contribution in [0.3, 0.4) is 0 Å². The predicted octanol–water partition coefficient (Wildman–Crippen LogP) is 0.409.